The highest BCUT2D eigenvalue weighted by Gasteiger charge is 2.46. The van der Waals surface area contributed by atoms with Crippen LogP contribution in [-0.2, 0) is 27.4 Å². The molecule has 3 rings (SSSR count). The summed E-state index contributed by atoms with van der Waals surface area (Å²) < 4.78 is 16.9. The fourth-order valence-corrected chi connectivity index (χ4v) is 2.96. The molecule has 0 saturated carbocycles. The van der Waals surface area contributed by atoms with Crippen LogP contribution in [0.3, 0.4) is 0 Å². The molecule has 0 aliphatic carbocycles. The van der Waals surface area contributed by atoms with Gasteiger partial charge in [-0.2, -0.15) is 0 Å². The van der Waals surface area contributed by atoms with Gasteiger partial charge in [0.25, 0.3) is 0 Å². The number of hydrogen-bond donors (Lipinski definition) is 3. The van der Waals surface area contributed by atoms with E-state index in [0.29, 0.717) is 0 Å². The van der Waals surface area contributed by atoms with E-state index in [4.69, 9.17) is 14.2 Å². The van der Waals surface area contributed by atoms with Gasteiger partial charge in [0, 0.05) is 0 Å². The van der Waals surface area contributed by atoms with Gasteiger partial charge in [-0.25, -0.2) is 0 Å². The van der Waals surface area contributed by atoms with Crippen molar-refractivity contribution < 1.29 is 29.5 Å². The van der Waals surface area contributed by atoms with E-state index in [1.165, 1.54) is 0 Å². The third-order valence-corrected chi connectivity index (χ3v) is 4.39. The van der Waals surface area contributed by atoms with E-state index >= 15 is 0 Å². The smallest absolute Gasteiger partial charge is 0.184 e. The van der Waals surface area contributed by atoms with Gasteiger partial charge in [0.05, 0.1) is 19.8 Å². The average Bonchev–Trinajstić information content (AvgIpc) is 2.69. The second kappa shape index (κ2) is 9.23. The van der Waals surface area contributed by atoms with Gasteiger partial charge in [0.1, 0.15) is 24.4 Å². The molecule has 1 aliphatic heterocycles. The minimum atomic E-state index is -1.31. The number of ether oxygens (including phenoxy) is 3. The summed E-state index contributed by atoms with van der Waals surface area (Å²) in [5, 5.41) is 30.2. The molecule has 26 heavy (non-hydrogen) atoms. The Balaban J connectivity index is 1.69. The molecule has 2 aromatic carbocycles. The maximum Gasteiger partial charge on any atom is 0.184 e. The summed E-state index contributed by atoms with van der Waals surface area (Å²) in [7, 11) is 0. The van der Waals surface area contributed by atoms with Gasteiger partial charge in [-0.3, -0.25) is 0 Å². The maximum atomic E-state index is 10.5. The fraction of sp³-hybridized carbons (Fsp3) is 0.400. The van der Waals surface area contributed by atoms with Crippen LogP contribution in [0.2, 0.25) is 0 Å². The predicted octanol–water partition coefficient (Wildman–Crippen LogP) is 1.23. The summed E-state index contributed by atoms with van der Waals surface area (Å²) in [6.07, 6.45) is -5.06. The van der Waals surface area contributed by atoms with Gasteiger partial charge in [0.2, 0.25) is 0 Å². The van der Waals surface area contributed by atoms with Crippen LogP contribution in [0, 0.1) is 0 Å². The van der Waals surface area contributed by atoms with E-state index in [2.05, 4.69) is 0 Å². The van der Waals surface area contributed by atoms with Crippen LogP contribution in [0.4, 0.5) is 0 Å². The molecule has 0 radical (unpaired) electrons. The zero-order valence-corrected chi connectivity index (χ0v) is 14.3. The Hall–Kier alpha value is -1.80. The first-order valence-electron chi connectivity index (χ1n) is 8.62. The average molecular weight is 360 g/mol. The Morgan fingerprint density at radius 3 is 1.77 bits per heavy atom. The molecular weight excluding hydrogens is 336 g/mol. The second-order valence-corrected chi connectivity index (χ2v) is 6.26. The summed E-state index contributed by atoms with van der Waals surface area (Å²) in [6, 6.07) is 19.0. The summed E-state index contributed by atoms with van der Waals surface area (Å²) in [6.45, 7) is 0.0705. The molecule has 0 amide bonds. The highest BCUT2D eigenvalue weighted by atomic mass is 16.7. The minimum absolute atomic E-state index is 0.244. The van der Waals surface area contributed by atoms with Crippen molar-refractivity contribution in [1.82, 2.24) is 0 Å². The summed E-state index contributed by atoms with van der Waals surface area (Å²) in [5.41, 5.74) is 1.86. The number of aliphatic hydroxyl groups is 3. The zero-order valence-electron chi connectivity index (χ0n) is 14.3. The monoisotopic (exact) mass is 360 g/mol. The normalized spacial score (nSPS) is 28.8. The summed E-state index contributed by atoms with van der Waals surface area (Å²) >= 11 is 0. The quantitative estimate of drug-likeness (QED) is 0.688. The number of benzene rings is 2. The molecule has 3 N–H and O–H groups in total. The standard InChI is InChI=1S/C20H24O6/c21-11-16-17(22)18(24-12-14-7-3-1-4-8-14)19(20(23)26-16)25-13-15-9-5-2-6-10-15/h1-10,16-23H,11-13H2/t16?,17-,18-,19?,20+/m0/s1. The van der Waals surface area contributed by atoms with Crippen LogP contribution in [-0.4, -0.2) is 52.6 Å². The van der Waals surface area contributed by atoms with Crippen LogP contribution in [0.5, 0.6) is 0 Å². The van der Waals surface area contributed by atoms with Gasteiger partial charge in [-0.1, -0.05) is 60.7 Å². The first kappa shape index (κ1) is 19.0. The van der Waals surface area contributed by atoms with Crippen LogP contribution in [0.15, 0.2) is 60.7 Å². The van der Waals surface area contributed by atoms with E-state index in [-0.39, 0.29) is 13.2 Å². The Morgan fingerprint density at radius 2 is 1.27 bits per heavy atom. The van der Waals surface area contributed by atoms with Gasteiger partial charge < -0.3 is 29.5 Å². The highest BCUT2D eigenvalue weighted by molar-refractivity contribution is 5.14. The van der Waals surface area contributed by atoms with Gasteiger partial charge in [-0.05, 0) is 11.1 Å². The van der Waals surface area contributed by atoms with E-state index in [1.807, 2.05) is 60.7 Å². The van der Waals surface area contributed by atoms with Crippen molar-refractivity contribution in [2.75, 3.05) is 6.61 Å². The molecule has 1 aliphatic rings. The minimum Gasteiger partial charge on any atom is -0.394 e. The molecule has 2 unspecified atom stereocenters. The predicted molar refractivity (Wildman–Crippen MR) is 94.0 cm³/mol. The second-order valence-electron chi connectivity index (χ2n) is 6.26. The lowest BCUT2D eigenvalue weighted by Crippen LogP contribution is -2.60. The topological polar surface area (TPSA) is 88.4 Å². The molecule has 140 valence electrons. The van der Waals surface area contributed by atoms with Gasteiger partial charge >= 0.3 is 0 Å². The molecule has 1 fully saturated rings. The Kier molecular flexibility index (Phi) is 6.73. The number of hydrogen-bond acceptors (Lipinski definition) is 6. The van der Waals surface area contributed by atoms with Crippen LogP contribution in [0.1, 0.15) is 11.1 Å². The first-order chi connectivity index (χ1) is 12.7. The summed E-state index contributed by atoms with van der Waals surface area (Å²) in [4.78, 5) is 0. The lowest BCUT2D eigenvalue weighted by Gasteiger charge is -2.42. The zero-order chi connectivity index (χ0) is 18.4. The van der Waals surface area contributed by atoms with E-state index < -0.39 is 37.3 Å². The van der Waals surface area contributed by atoms with E-state index in [0.717, 1.165) is 11.1 Å². The molecule has 0 spiro atoms. The number of aliphatic hydroxyl groups excluding tert-OH is 3. The molecule has 1 heterocycles. The maximum absolute atomic E-state index is 10.5. The van der Waals surface area contributed by atoms with E-state index in [9.17, 15) is 15.3 Å². The fourth-order valence-electron chi connectivity index (χ4n) is 2.96. The Bertz CT molecular complexity index is 650. The van der Waals surface area contributed by atoms with Crippen LogP contribution in [0.25, 0.3) is 0 Å². The van der Waals surface area contributed by atoms with Crippen LogP contribution >= 0.6 is 0 Å². The van der Waals surface area contributed by atoms with Crippen molar-refractivity contribution in [3.8, 4) is 0 Å². The molecule has 2 aromatic rings. The molecule has 6 heteroatoms. The number of rotatable bonds is 7. The molecule has 5 atom stereocenters. The first-order valence-corrected chi connectivity index (χ1v) is 8.62. The largest absolute Gasteiger partial charge is 0.394 e. The van der Waals surface area contributed by atoms with Crippen molar-refractivity contribution in [3.05, 3.63) is 71.8 Å². The highest BCUT2D eigenvalue weighted by Crippen LogP contribution is 2.26. The molecule has 1 saturated heterocycles. The summed E-state index contributed by atoms with van der Waals surface area (Å²) in [5.74, 6) is 0. The van der Waals surface area contributed by atoms with Crippen LogP contribution < -0.4 is 0 Å². The third kappa shape index (κ3) is 4.67. The Labute approximate surface area is 152 Å². The molecule has 0 bridgehead atoms. The van der Waals surface area contributed by atoms with Gasteiger partial charge in [0.15, 0.2) is 6.29 Å². The SMILES string of the molecule is OCC1O[C@@H](O)C(OCc2ccccc2)[C@@H](OCc2ccccc2)[C@H]1O. The van der Waals surface area contributed by atoms with Gasteiger partial charge in [-0.15, -0.1) is 0 Å². The van der Waals surface area contributed by atoms with E-state index in [1.54, 1.807) is 0 Å². The third-order valence-electron chi connectivity index (χ3n) is 4.39. The lowest BCUT2D eigenvalue weighted by molar-refractivity contribution is -0.307. The Morgan fingerprint density at radius 1 is 0.769 bits per heavy atom. The van der Waals surface area contributed by atoms with Crippen molar-refractivity contribution in [2.24, 2.45) is 0 Å². The molecule has 6 nitrogen and oxygen atoms in total. The molecule has 0 aromatic heterocycles. The lowest BCUT2D eigenvalue weighted by atomic mass is 9.98. The van der Waals surface area contributed by atoms with Crippen molar-refractivity contribution in [1.29, 1.82) is 0 Å². The molecular formula is C20H24O6. The van der Waals surface area contributed by atoms with Crippen molar-refractivity contribution in [2.45, 2.75) is 43.9 Å². The van der Waals surface area contributed by atoms with Crippen molar-refractivity contribution >= 4 is 0 Å². The van der Waals surface area contributed by atoms with Crippen molar-refractivity contribution in [3.63, 3.8) is 0 Å².